The van der Waals surface area contributed by atoms with Gasteiger partial charge in [0.1, 0.15) is 23.7 Å². The predicted molar refractivity (Wildman–Crippen MR) is 208 cm³/mol. The molecule has 6 atom stereocenters. The molecule has 2 N–H and O–H groups in total. The Morgan fingerprint density at radius 3 is 2.56 bits per heavy atom. The number of fused-ring (bicyclic) bond motifs is 2. The van der Waals surface area contributed by atoms with Gasteiger partial charge in [-0.15, -0.1) is 6.58 Å². The minimum atomic E-state index is -0.978. The van der Waals surface area contributed by atoms with Crippen molar-refractivity contribution in [3.05, 3.63) is 78.2 Å². The summed E-state index contributed by atoms with van der Waals surface area (Å²) < 4.78 is 20.7. The quantitative estimate of drug-likeness (QED) is 0.0634. The number of hydrogen-bond acceptors (Lipinski definition) is 10. The van der Waals surface area contributed by atoms with Gasteiger partial charge in [0, 0.05) is 63.1 Å². The lowest BCUT2D eigenvalue weighted by Gasteiger charge is -2.58. The fourth-order valence-corrected chi connectivity index (χ4v) is 9.62. The van der Waals surface area contributed by atoms with E-state index in [-0.39, 0.29) is 42.1 Å². The van der Waals surface area contributed by atoms with E-state index in [2.05, 4.69) is 46.8 Å². The SMILES string of the molecule is C=CCO[C@@]12Oc3ccc(OCCN4CC4)cc3[C@H]3[C@H](CCCCO)[C@@H](CCCCO)C=C(C(=NOC(C)(C)C)C[C@@H]1SCCc1ccncc1)[C@H]32. The normalized spacial score (nSPS) is 27.3. The van der Waals surface area contributed by atoms with Crippen LogP contribution in [0.3, 0.4) is 0 Å². The molecule has 0 bridgehead atoms. The molecule has 1 saturated heterocycles. The lowest BCUT2D eigenvalue weighted by molar-refractivity contribution is -0.223. The molecule has 10 heteroatoms. The van der Waals surface area contributed by atoms with Crippen LogP contribution in [0.4, 0.5) is 0 Å². The van der Waals surface area contributed by atoms with E-state index in [0.717, 1.165) is 98.7 Å². The van der Waals surface area contributed by atoms with Crippen LogP contribution in [0.1, 0.15) is 82.8 Å². The Hall–Kier alpha value is -2.89. The lowest BCUT2D eigenvalue weighted by atomic mass is 9.56. The Morgan fingerprint density at radius 1 is 1.08 bits per heavy atom. The molecule has 284 valence electrons. The Balaban J connectivity index is 1.48. The van der Waals surface area contributed by atoms with Crippen LogP contribution in [0, 0.1) is 17.8 Å². The second kappa shape index (κ2) is 18.0. The van der Waals surface area contributed by atoms with E-state index in [1.807, 2.05) is 57.1 Å². The molecule has 52 heavy (non-hydrogen) atoms. The first-order chi connectivity index (χ1) is 25.3. The van der Waals surface area contributed by atoms with Crippen LogP contribution in [-0.2, 0) is 16.0 Å². The van der Waals surface area contributed by atoms with Crippen molar-refractivity contribution in [3.8, 4) is 11.5 Å². The van der Waals surface area contributed by atoms with Crippen molar-refractivity contribution in [2.24, 2.45) is 22.9 Å². The highest BCUT2D eigenvalue weighted by molar-refractivity contribution is 8.00. The van der Waals surface area contributed by atoms with Crippen molar-refractivity contribution in [3.63, 3.8) is 0 Å². The average molecular weight is 734 g/mol. The molecular formula is C42H59N3O6S. The summed E-state index contributed by atoms with van der Waals surface area (Å²) >= 11 is 1.88. The number of benzene rings is 1. The molecule has 2 aliphatic carbocycles. The third kappa shape index (κ3) is 9.42. The summed E-state index contributed by atoms with van der Waals surface area (Å²) in [5, 5.41) is 24.5. The first kappa shape index (κ1) is 38.8. The highest BCUT2D eigenvalue weighted by atomic mass is 32.2. The molecule has 1 aromatic carbocycles. The molecule has 1 aromatic heterocycles. The van der Waals surface area contributed by atoms with Gasteiger partial charge in [0.2, 0.25) is 5.79 Å². The summed E-state index contributed by atoms with van der Waals surface area (Å²) in [7, 11) is 0. The first-order valence-electron chi connectivity index (χ1n) is 19.4. The lowest BCUT2D eigenvalue weighted by Crippen LogP contribution is -2.64. The number of aryl methyl sites for hydroxylation is 1. The Labute approximate surface area is 314 Å². The minimum Gasteiger partial charge on any atom is -0.492 e. The number of rotatable bonds is 20. The molecule has 6 rings (SSSR count). The number of pyridine rings is 1. The van der Waals surface area contributed by atoms with Crippen LogP contribution in [0.2, 0.25) is 0 Å². The van der Waals surface area contributed by atoms with Gasteiger partial charge in [0.05, 0.1) is 23.5 Å². The fourth-order valence-electron chi connectivity index (χ4n) is 8.21. The number of thioether (sulfide) groups is 1. The molecule has 9 nitrogen and oxygen atoms in total. The smallest absolute Gasteiger partial charge is 0.230 e. The number of ether oxygens (including phenoxy) is 3. The van der Waals surface area contributed by atoms with Crippen molar-refractivity contribution < 1.29 is 29.3 Å². The zero-order chi connectivity index (χ0) is 36.6. The molecule has 0 amide bonds. The number of aromatic nitrogens is 1. The van der Waals surface area contributed by atoms with E-state index in [1.54, 1.807) is 0 Å². The number of allylic oxidation sites excluding steroid dienone is 1. The summed E-state index contributed by atoms with van der Waals surface area (Å²) in [4.78, 5) is 12.8. The van der Waals surface area contributed by atoms with Gasteiger partial charge >= 0.3 is 0 Å². The highest BCUT2D eigenvalue weighted by Gasteiger charge is 2.64. The maximum absolute atomic E-state index is 9.87. The van der Waals surface area contributed by atoms with E-state index < -0.39 is 11.4 Å². The monoisotopic (exact) mass is 733 g/mol. The molecule has 0 radical (unpaired) electrons. The van der Waals surface area contributed by atoms with Gasteiger partial charge in [0.15, 0.2) is 0 Å². The number of unbranched alkanes of at least 4 members (excludes halogenated alkanes) is 2. The molecule has 1 saturated carbocycles. The molecule has 2 aliphatic heterocycles. The number of aliphatic hydroxyl groups excluding tert-OH is 2. The number of aliphatic hydroxyl groups is 2. The maximum Gasteiger partial charge on any atom is 0.230 e. The number of hydrogen-bond donors (Lipinski definition) is 2. The summed E-state index contributed by atoms with van der Waals surface area (Å²) in [5.74, 6) is 1.99. The van der Waals surface area contributed by atoms with Crippen LogP contribution < -0.4 is 9.47 Å². The first-order valence-corrected chi connectivity index (χ1v) is 20.4. The van der Waals surface area contributed by atoms with E-state index in [0.29, 0.717) is 19.6 Å². The molecule has 2 fully saturated rings. The zero-order valence-corrected chi connectivity index (χ0v) is 32.2. The van der Waals surface area contributed by atoms with E-state index in [9.17, 15) is 10.2 Å². The second-order valence-electron chi connectivity index (χ2n) is 15.6. The summed E-state index contributed by atoms with van der Waals surface area (Å²) in [6.45, 7) is 14.7. The maximum atomic E-state index is 9.87. The van der Waals surface area contributed by atoms with Crippen molar-refractivity contribution in [2.45, 2.75) is 94.7 Å². The Bertz CT molecular complexity index is 1530. The predicted octanol–water partition coefficient (Wildman–Crippen LogP) is 7.18. The molecular weight excluding hydrogens is 675 g/mol. The van der Waals surface area contributed by atoms with Crippen LogP contribution in [0.15, 0.2) is 72.2 Å². The van der Waals surface area contributed by atoms with Crippen LogP contribution >= 0.6 is 11.8 Å². The van der Waals surface area contributed by atoms with Gasteiger partial charge in [-0.3, -0.25) is 9.88 Å². The standard InChI is InChI=1S/C42H59N3O6S/c1-5-24-49-42-38(52-26-16-30-14-17-43-18-15-30)29-36(44-51-41(2,3)4)34-27-31(10-6-8-22-46)33(11-7-9-23-47)39(40(34)42)35-28-32(12-13-37(35)50-42)48-25-21-45-19-20-45/h5,12-15,17-18,27-28,31,33,38-40,46-47H,1,6-11,16,19-26,29H2,2-4H3/t31-,33+,38-,39+,40+,42+/m0/s1. The minimum absolute atomic E-state index is 0.0468. The van der Waals surface area contributed by atoms with Crippen molar-refractivity contribution in [1.82, 2.24) is 9.88 Å². The molecule has 3 heterocycles. The molecule has 4 aliphatic rings. The largest absolute Gasteiger partial charge is 0.492 e. The van der Waals surface area contributed by atoms with E-state index in [1.165, 1.54) is 5.56 Å². The van der Waals surface area contributed by atoms with E-state index >= 15 is 0 Å². The summed E-state index contributed by atoms with van der Waals surface area (Å²) in [5.41, 5.74) is 4.05. The van der Waals surface area contributed by atoms with Gasteiger partial charge < -0.3 is 29.3 Å². The van der Waals surface area contributed by atoms with Gasteiger partial charge in [-0.05, 0) is 112 Å². The average Bonchev–Trinajstić information content (AvgIpc) is 3.96. The highest BCUT2D eigenvalue weighted by Crippen LogP contribution is 2.62. The third-order valence-electron chi connectivity index (χ3n) is 10.7. The van der Waals surface area contributed by atoms with Gasteiger partial charge in [-0.2, -0.15) is 11.8 Å². The zero-order valence-electron chi connectivity index (χ0n) is 31.4. The van der Waals surface area contributed by atoms with Crippen molar-refractivity contribution in [2.75, 3.05) is 51.8 Å². The van der Waals surface area contributed by atoms with Gasteiger partial charge in [-0.25, -0.2) is 0 Å². The van der Waals surface area contributed by atoms with Gasteiger partial charge in [-0.1, -0.05) is 30.1 Å². The fraction of sp³-hybridized carbons (Fsp3) is 0.619. The summed E-state index contributed by atoms with van der Waals surface area (Å²) in [6.07, 6.45) is 14.8. The molecule has 0 unspecified atom stereocenters. The second-order valence-corrected chi connectivity index (χ2v) is 16.9. The molecule has 2 aromatic rings. The van der Waals surface area contributed by atoms with Crippen molar-refractivity contribution >= 4 is 17.5 Å². The van der Waals surface area contributed by atoms with E-state index in [4.69, 9.17) is 24.2 Å². The van der Waals surface area contributed by atoms with Crippen LogP contribution in [0.25, 0.3) is 0 Å². The number of oxime groups is 1. The Kier molecular flexibility index (Phi) is 13.4. The summed E-state index contributed by atoms with van der Waals surface area (Å²) in [6, 6.07) is 10.5. The topological polar surface area (TPSA) is 106 Å². The van der Waals surface area contributed by atoms with Gasteiger partial charge in [0.25, 0.3) is 0 Å². The van der Waals surface area contributed by atoms with Crippen molar-refractivity contribution in [1.29, 1.82) is 0 Å². The van der Waals surface area contributed by atoms with Crippen LogP contribution in [-0.4, -0.2) is 94.3 Å². The Morgan fingerprint density at radius 2 is 1.85 bits per heavy atom. The number of nitrogens with zero attached hydrogens (tertiary/aromatic N) is 3. The molecule has 0 spiro atoms. The van der Waals surface area contributed by atoms with Crippen LogP contribution in [0.5, 0.6) is 11.5 Å². The third-order valence-corrected chi connectivity index (χ3v) is 12.1.